The van der Waals surface area contributed by atoms with E-state index in [4.69, 9.17) is 0 Å². The molecule has 0 aliphatic rings. The van der Waals surface area contributed by atoms with Gasteiger partial charge in [0.05, 0.1) is 5.25 Å². The van der Waals surface area contributed by atoms with E-state index in [2.05, 4.69) is 20.8 Å². The van der Waals surface area contributed by atoms with E-state index in [0.717, 1.165) is 16.8 Å². The molecule has 2 aromatic rings. The van der Waals surface area contributed by atoms with Crippen LogP contribution in [0.1, 0.15) is 18.1 Å². The Hall–Kier alpha value is -1.89. The summed E-state index contributed by atoms with van der Waals surface area (Å²) in [6.07, 6.45) is 0. The molecule has 106 valence electrons. The summed E-state index contributed by atoms with van der Waals surface area (Å²) >= 11 is 1.33. The lowest BCUT2D eigenvalue weighted by Gasteiger charge is -2.13. The molecule has 1 heterocycles. The van der Waals surface area contributed by atoms with Gasteiger partial charge in [0.2, 0.25) is 11.1 Å². The van der Waals surface area contributed by atoms with E-state index in [1.54, 1.807) is 11.7 Å². The van der Waals surface area contributed by atoms with Gasteiger partial charge >= 0.3 is 0 Å². The highest BCUT2D eigenvalue weighted by Crippen LogP contribution is 2.22. The minimum Gasteiger partial charge on any atom is -0.325 e. The molecule has 0 bridgehead atoms. The molecule has 0 aliphatic carbocycles. The van der Waals surface area contributed by atoms with Crippen molar-refractivity contribution in [2.45, 2.75) is 31.2 Å². The average Bonchev–Trinajstić information content (AvgIpc) is 2.79. The molecule has 1 aromatic heterocycles. The van der Waals surface area contributed by atoms with Crippen LogP contribution in [0.5, 0.6) is 0 Å². The predicted molar refractivity (Wildman–Crippen MR) is 78.7 cm³/mol. The quantitative estimate of drug-likeness (QED) is 0.872. The number of tetrazole rings is 1. The number of nitrogens with one attached hydrogen (secondary N) is 1. The summed E-state index contributed by atoms with van der Waals surface area (Å²) in [6.45, 7) is 5.80. The van der Waals surface area contributed by atoms with Crippen molar-refractivity contribution >= 4 is 23.4 Å². The molecular formula is C13H17N5OS. The Morgan fingerprint density at radius 2 is 2.15 bits per heavy atom. The van der Waals surface area contributed by atoms with E-state index in [0.29, 0.717) is 5.16 Å². The summed E-state index contributed by atoms with van der Waals surface area (Å²) in [4.78, 5) is 12.2. The van der Waals surface area contributed by atoms with Gasteiger partial charge in [0.25, 0.3) is 0 Å². The van der Waals surface area contributed by atoms with Gasteiger partial charge in [-0.25, -0.2) is 4.68 Å². The third-order valence-corrected chi connectivity index (χ3v) is 4.01. The van der Waals surface area contributed by atoms with Gasteiger partial charge in [-0.15, -0.1) is 5.10 Å². The van der Waals surface area contributed by atoms with E-state index in [1.807, 2.05) is 39.0 Å². The summed E-state index contributed by atoms with van der Waals surface area (Å²) in [6, 6.07) is 5.98. The molecule has 1 N–H and O–H groups in total. The number of amides is 1. The molecule has 0 fully saturated rings. The highest BCUT2D eigenvalue weighted by molar-refractivity contribution is 8.00. The number of thioether (sulfide) groups is 1. The number of carbonyl (C=O) groups is 1. The summed E-state index contributed by atoms with van der Waals surface area (Å²) in [7, 11) is 1.75. The van der Waals surface area contributed by atoms with Crippen LogP contribution < -0.4 is 5.32 Å². The number of nitrogens with zero attached hydrogens (tertiary/aromatic N) is 4. The maximum absolute atomic E-state index is 12.2. The zero-order chi connectivity index (χ0) is 14.7. The maximum Gasteiger partial charge on any atom is 0.237 e. The van der Waals surface area contributed by atoms with Crippen LogP contribution in [0.15, 0.2) is 23.4 Å². The number of benzene rings is 1. The molecule has 6 nitrogen and oxygen atoms in total. The van der Waals surface area contributed by atoms with Crippen LogP contribution in [0.25, 0.3) is 0 Å². The van der Waals surface area contributed by atoms with E-state index < -0.39 is 0 Å². The molecule has 0 unspecified atom stereocenters. The van der Waals surface area contributed by atoms with Gasteiger partial charge in [0.1, 0.15) is 0 Å². The van der Waals surface area contributed by atoms with E-state index in [-0.39, 0.29) is 11.2 Å². The van der Waals surface area contributed by atoms with E-state index in [9.17, 15) is 4.79 Å². The number of aryl methyl sites for hydroxylation is 3. The second-order valence-corrected chi connectivity index (χ2v) is 5.96. The van der Waals surface area contributed by atoms with Gasteiger partial charge < -0.3 is 5.32 Å². The fourth-order valence-corrected chi connectivity index (χ4v) is 2.39. The molecule has 1 atom stereocenters. The highest BCUT2D eigenvalue weighted by atomic mass is 32.2. The number of hydrogen-bond acceptors (Lipinski definition) is 5. The van der Waals surface area contributed by atoms with Crippen molar-refractivity contribution in [1.82, 2.24) is 20.2 Å². The molecule has 7 heteroatoms. The first-order valence-corrected chi connectivity index (χ1v) is 7.12. The molecule has 0 radical (unpaired) electrons. The summed E-state index contributed by atoms with van der Waals surface area (Å²) in [5, 5.41) is 14.4. The lowest BCUT2D eigenvalue weighted by molar-refractivity contribution is -0.115. The maximum atomic E-state index is 12.2. The molecule has 0 aliphatic heterocycles. The largest absolute Gasteiger partial charge is 0.325 e. The van der Waals surface area contributed by atoms with Crippen molar-refractivity contribution in [3.05, 3.63) is 29.3 Å². The second-order valence-electron chi connectivity index (χ2n) is 4.65. The van der Waals surface area contributed by atoms with Crippen LogP contribution in [0.4, 0.5) is 5.69 Å². The van der Waals surface area contributed by atoms with Crippen LogP contribution in [-0.2, 0) is 11.8 Å². The monoisotopic (exact) mass is 291 g/mol. The fraction of sp³-hybridized carbons (Fsp3) is 0.385. The Kier molecular flexibility index (Phi) is 4.39. The van der Waals surface area contributed by atoms with Crippen molar-refractivity contribution in [1.29, 1.82) is 0 Å². The van der Waals surface area contributed by atoms with Crippen molar-refractivity contribution < 1.29 is 4.79 Å². The van der Waals surface area contributed by atoms with E-state index >= 15 is 0 Å². The van der Waals surface area contributed by atoms with Gasteiger partial charge in [-0.3, -0.25) is 4.79 Å². The number of hydrogen-bond donors (Lipinski definition) is 1. The van der Waals surface area contributed by atoms with Gasteiger partial charge in [0.15, 0.2) is 0 Å². The van der Waals surface area contributed by atoms with Gasteiger partial charge in [0, 0.05) is 12.7 Å². The first-order chi connectivity index (χ1) is 9.47. The lowest BCUT2D eigenvalue weighted by Crippen LogP contribution is -2.23. The standard InChI is InChI=1S/C13H17N5OS/c1-8-5-6-9(2)11(7-8)14-12(19)10(3)20-13-15-16-17-18(13)4/h5-7,10H,1-4H3,(H,14,19)/t10-/m0/s1. The molecule has 1 aromatic carbocycles. The Labute approximate surface area is 121 Å². The summed E-state index contributed by atoms with van der Waals surface area (Å²) in [5.41, 5.74) is 3.00. The Balaban J connectivity index is 2.04. The average molecular weight is 291 g/mol. The second kappa shape index (κ2) is 6.04. The Bertz CT molecular complexity index is 625. The first-order valence-electron chi connectivity index (χ1n) is 6.24. The third kappa shape index (κ3) is 3.36. The minimum absolute atomic E-state index is 0.0632. The minimum atomic E-state index is -0.278. The first kappa shape index (κ1) is 14.5. The van der Waals surface area contributed by atoms with Crippen LogP contribution in [0.2, 0.25) is 0 Å². The smallest absolute Gasteiger partial charge is 0.237 e. The molecular weight excluding hydrogens is 274 g/mol. The fourth-order valence-electron chi connectivity index (χ4n) is 1.64. The summed E-state index contributed by atoms with van der Waals surface area (Å²) in [5.74, 6) is -0.0632. The summed E-state index contributed by atoms with van der Waals surface area (Å²) < 4.78 is 1.55. The van der Waals surface area contributed by atoms with Crippen molar-refractivity contribution in [2.75, 3.05) is 5.32 Å². The number of aromatic nitrogens is 4. The van der Waals surface area contributed by atoms with Gasteiger partial charge in [-0.2, -0.15) is 0 Å². The number of rotatable bonds is 4. The van der Waals surface area contributed by atoms with E-state index in [1.165, 1.54) is 11.8 Å². The number of anilines is 1. The number of carbonyl (C=O) groups excluding carboxylic acids is 1. The molecule has 0 saturated heterocycles. The normalized spacial score (nSPS) is 12.2. The predicted octanol–water partition coefficient (Wildman–Crippen LogP) is 1.95. The third-order valence-electron chi connectivity index (χ3n) is 2.88. The topological polar surface area (TPSA) is 72.7 Å². The van der Waals surface area contributed by atoms with Crippen molar-refractivity contribution in [3.8, 4) is 0 Å². The highest BCUT2D eigenvalue weighted by Gasteiger charge is 2.18. The zero-order valence-corrected chi connectivity index (χ0v) is 12.7. The molecule has 0 spiro atoms. The molecule has 20 heavy (non-hydrogen) atoms. The Morgan fingerprint density at radius 3 is 2.80 bits per heavy atom. The van der Waals surface area contributed by atoms with Crippen LogP contribution in [0, 0.1) is 13.8 Å². The van der Waals surface area contributed by atoms with Crippen LogP contribution >= 0.6 is 11.8 Å². The molecule has 0 saturated carbocycles. The Morgan fingerprint density at radius 1 is 1.40 bits per heavy atom. The molecule has 2 rings (SSSR count). The lowest BCUT2D eigenvalue weighted by atomic mass is 10.1. The van der Waals surface area contributed by atoms with Crippen LogP contribution in [-0.4, -0.2) is 31.4 Å². The van der Waals surface area contributed by atoms with Crippen molar-refractivity contribution in [3.63, 3.8) is 0 Å². The van der Waals surface area contributed by atoms with Crippen molar-refractivity contribution in [2.24, 2.45) is 7.05 Å². The molecule has 1 amide bonds. The SMILES string of the molecule is Cc1ccc(C)c(NC(=O)[C@H](C)Sc2nnnn2C)c1. The van der Waals surface area contributed by atoms with Gasteiger partial charge in [-0.05, 0) is 48.4 Å². The van der Waals surface area contributed by atoms with Crippen LogP contribution in [0.3, 0.4) is 0 Å². The van der Waals surface area contributed by atoms with Gasteiger partial charge in [-0.1, -0.05) is 23.9 Å². The zero-order valence-electron chi connectivity index (χ0n) is 11.9.